The third-order valence-corrected chi connectivity index (χ3v) is 13.0. The number of likely N-dealkylation sites (tertiary alicyclic amines) is 1. The third-order valence-electron chi connectivity index (χ3n) is 10.2. The van der Waals surface area contributed by atoms with Gasteiger partial charge in [-0.25, -0.2) is 13.2 Å². The van der Waals surface area contributed by atoms with Crippen LogP contribution in [0.5, 0.6) is 0 Å². The van der Waals surface area contributed by atoms with Gasteiger partial charge in [0.15, 0.2) is 9.84 Å². The molecule has 1 heterocycles. The highest BCUT2D eigenvalue weighted by molar-refractivity contribution is 7.92. The zero-order valence-corrected chi connectivity index (χ0v) is 29.4. The maximum absolute atomic E-state index is 14.3. The van der Waals surface area contributed by atoms with Crippen LogP contribution in [0, 0.1) is 35.0 Å². The largest absolute Gasteiger partial charge is 0.363 e. The quantitative estimate of drug-likeness (QED) is 0.193. The fraction of sp³-hybridized carbons (Fsp3) is 0.788. The number of carbonyl (C=O) groups excluding carboxylic acids is 5. The van der Waals surface area contributed by atoms with Crippen LogP contribution in [0.2, 0.25) is 0 Å². The monoisotopic (exact) mass is 663 g/mol. The molecular formula is C33H53N5O7S. The Kier molecular flexibility index (Phi) is 10.7. The molecular weight excluding hydrogens is 610 g/mol. The Balaban J connectivity index is 1.87. The summed E-state index contributed by atoms with van der Waals surface area (Å²) in [4.78, 5) is 67.3. The number of nitrogens with two attached hydrogens (primary N) is 1. The smallest absolute Gasteiger partial charge is 0.315 e. The first-order chi connectivity index (χ1) is 21.0. The maximum atomic E-state index is 14.3. The third kappa shape index (κ3) is 7.86. The van der Waals surface area contributed by atoms with Crippen LogP contribution in [-0.2, 0) is 29.0 Å². The van der Waals surface area contributed by atoms with E-state index in [2.05, 4.69) is 21.9 Å². The highest BCUT2D eigenvalue weighted by atomic mass is 32.2. The summed E-state index contributed by atoms with van der Waals surface area (Å²) in [7, 11) is -3.57. The number of terminal acetylenes is 1. The molecule has 5 N–H and O–H groups in total. The first kappa shape index (κ1) is 37.3. The molecule has 13 heteroatoms. The van der Waals surface area contributed by atoms with Gasteiger partial charge in [0, 0.05) is 13.0 Å². The molecule has 1 saturated heterocycles. The number of ketones is 1. The Morgan fingerprint density at radius 1 is 1.00 bits per heavy atom. The van der Waals surface area contributed by atoms with Crippen LogP contribution >= 0.6 is 0 Å². The van der Waals surface area contributed by atoms with Crippen LogP contribution in [0.3, 0.4) is 0 Å². The first-order valence-electron chi connectivity index (χ1n) is 16.2. The van der Waals surface area contributed by atoms with Crippen LogP contribution in [0.25, 0.3) is 0 Å². The molecule has 1 aliphatic heterocycles. The number of rotatable bonds is 11. The average molecular weight is 664 g/mol. The van der Waals surface area contributed by atoms with Gasteiger partial charge in [-0.15, -0.1) is 12.3 Å². The van der Waals surface area contributed by atoms with Crippen molar-refractivity contribution in [1.29, 1.82) is 0 Å². The van der Waals surface area contributed by atoms with Crippen molar-refractivity contribution in [2.24, 2.45) is 28.4 Å². The van der Waals surface area contributed by atoms with E-state index in [1.54, 1.807) is 41.5 Å². The lowest BCUT2D eigenvalue weighted by molar-refractivity contribution is -0.145. The maximum Gasteiger partial charge on any atom is 0.315 e. The zero-order chi connectivity index (χ0) is 35.0. The van der Waals surface area contributed by atoms with Gasteiger partial charge in [0.05, 0.1) is 22.1 Å². The number of hydrogen-bond acceptors (Lipinski definition) is 7. The van der Waals surface area contributed by atoms with E-state index in [0.717, 1.165) is 19.3 Å². The number of amides is 5. The Hall–Kier alpha value is -3.14. The molecule has 0 aromatic carbocycles. The SMILES string of the molecule is C#CCCC(NC(=O)[C@@H]1[C@@H]2C(CN1C(=O)[C@@H](NC(=O)NC1(CS(=O)(=O)C(C)(C)C)CCCCC1)C(C)(C)C)C2(C)C)C(=O)C(N)=O. The fourth-order valence-corrected chi connectivity index (χ4v) is 8.60. The Bertz CT molecular complexity index is 1380. The summed E-state index contributed by atoms with van der Waals surface area (Å²) in [5, 5.41) is 8.43. The van der Waals surface area contributed by atoms with E-state index in [1.807, 2.05) is 13.8 Å². The van der Waals surface area contributed by atoms with Gasteiger partial charge in [-0.05, 0) is 62.7 Å². The minimum absolute atomic E-state index is 0.0151. The van der Waals surface area contributed by atoms with Crippen LogP contribution in [0.1, 0.15) is 100 Å². The molecule has 3 fully saturated rings. The molecule has 5 atom stereocenters. The Labute approximate surface area is 274 Å². The summed E-state index contributed by atoms with van der Waals surface area (Å²) in [5.74, 6) is -1.21. The van der Waals surface area contributed by atoms with Crippen molar-refractivity contribution in [2.45, 2.75) is 129 Å². The number of fused-ring (bicyclic) bond motifs is 1. The molecule has 0 radical (unpaired) electrons. The van der Waals surface area contributed by atoms with E-state index in [1.165, 1.54) is 4.90 Å². The van der Waals surface area contributed by atoms with E-state index in [9.17, 15) is 32.4 Å². The normalized spacial score (nSPS) is 24.8. The number of nitrogens with one attached hydrogen (secondary N) is 3. The number of urea groups is 1. The molecule has 2 unspecified atom stereocenters. The van der Waals surface area contributed by atoms with Crippen molar-refractivity contribution in [2.75, 3.05) is 12.3 Å². The van der Waals surface area contributed by atoms with Gasteiger partial charge in [0.1, 0.15) is 12.1 Å². The first-order valence-corrected chi connectivity index (χ1v) is 17.8. The van der Waals surface area contributed by atoms with Crippen molar-refractivity contribution in [3.63, 3.8) is 0 Å². The molecule has 2 aliphatic carbocycles. The molecule has 0 bridgehead atoms. The fourth-order valence-electron chi connectivity index (χ4n) is 7.08. The van der Waals surface area contributed by atoms with Crippen LogP contribution < -0.4 is 21.7 Å². The van der Waals surface area contributed by atoms with Crippen molar-refractivity contribution in [3.05, 3.63) is 0 Å². The molecule has 2 saturated carbocycles. The Morgan fingerprint density at radius 2 is 1.59 bits per heavy atom. The van der Waals surface area contributed by atoms with Gasteiger partial charge in [-0.3, -0.25) is 19.2 Å². The number of Topliss-reactive ketones (excluding diaryl/α,β-unsaturated/α-hetero) is 1. The molecule has 0 aromatic rings. The number of hydrogen-bond donors (Lipinski definition) is 4. The highest BCUT2D eigenvalue weighted by Gasteiger charge is 2.70. The second-order valence-electron chi connectivity index (χ2n) is 16.0. The van der Waals surface area contributed by atoms with E-state index in [-0.39, 0.29) is 42.4 Å². The number of piperidine rings is 1. The second kappa shape index (κ2) is 13.2. The lowest BCUT2D eigenvalue weighted by Crippen LogP contribution is -2.64. The van der Waals surface area contributed by atoms with E-state index in [4.69, 9.17) is 12.2 Å². The average Bonchev–Trinajstić information content (AvgIpc) is 3.24. The minimum atomic E-state index is -3.57. The molecule has 3 aliphatic rings. The van der Waals surface area contributed by atoms with E-state index >= 15 is 0 Å². The summed E-state index contributed by atoms with van der Waals surface area (Å²) in [6.45, 7) is 14.6. The van der Waals surface area contributed by atoms with Crippen LogP contribution in [-0.4, -0.2) is 83.6 Å². The summed E-state index contributed by atoms with van der Waals surface area (Å²) >= 11 is 0. The minimum Gasteiger partial charge on any atom is -0.363 e. The molecule has 258 valence electrons. The van der Waals surface area contributed by atoms with Crippen LogP contribution in [0.4, 0.5) is 4.79 Å². The van der Waals surface area contributed by atoms with Gasteiger partial charge >= 0.3 is 6.03 Å². The summed E-state index contributed by atoms with van der Waals surface area (Å²) < 4.78 is 25.5. The van der Waals surface area contributed by atoms with Gasteiger partial charge in [0.2, 0.25) is 17.6 Å². The molecule has 5 amide bonds. The molecule has 46 heavy (non-hydrogen) atoms. The summed E-state index contributed by atoms with van der Waals surface area (Å²) in [5.41, 5.74) is 3.22. The van der Waals surface area contributed by atoms with Gasteiger partial charge in [-0.1, -0.05) is 53.9 Å². The zero-order valence-electron chi connectivity index (χ0n) is 28.6. The Morgan fingerprint density at radius 3 is 2.09 bits per heavy atom. The predicted octanol–water partition coefficient (Wildman–Crippen LogP) is 2.05. The lowest BCUT2D eigenvalue weighted by atomic mass is 9.83. The highest BCUT2D eigenvalue weighted by Crippen LogP contribution is 2.65. The molecule has 0 aromatic heterocycles. The van der Waals surface area contributed by atoms with Crippen molar-refractivity contribution >= 4 is 39.4 Å². The molecule has 12 nitrogen and oxygen atoms in total. The van der Waals surface area contributed by atoms with Crippen LogP contribution in [0.15, 0.2) is 0 Å². The lowest BCUT2D eigenvalue weighted by Gasteiger charge is -2.41. The summed E-state index contributed by atoms with van der Waals surface area (Å²) in [6.07, 6.45) is 8.97. The number of nitrogens with zero attached hydrogens (tertiary/aromatic N) is 1. The number of primary amides is 1. The van der Waals surface area contributed by atoms with E-state index in [0.29, 0.717) is 12.8 Å². The van der Waals surface area contributed by atoms with E-state index < -0.39 is 73.2 Å². The topological polar surface area (TPSA) is 185 Å². The molecule has 3 rings (SSSR count). The van der Waals surface area contributed by atoms with Crippen molar-refractivity contribution in [1.82, 2.24) is 20.9 Å². The number of sulfone groups is 1. The predicted molar refractivity (Wildman–Crippen MR) is 175 cm³/mol. The van der Waals surface area contributed by atoms with Gasteiger partial charge in [-0.2, -0.15) is 0 Å². The summed E-state index contributed by atoms with van der Waals surface area (Å²) in [6, 6.07) is -3.88. The number of carbonyl (C=O) groups is 5. The standard InChI is InChI=1S/C33H53N5O7S/c1-10-11-15-21(24(39)26(34)40)35-27(41)23-22-20(32(22,8)9)18-38(23)28(42)25(30(2,3)4)36-29(43)37-33(16-13-12-14-17-33)19-46(44,45)31(5,6)7/h1,20-23,25H,11-19H2,2-9H3,(H2,34,40)(H,35,41)(H2,36,37,43)/t20?,21?,22-,23-,25+/m0/s1. The second-order valence-corrected chi connectivity index (χ2v) is 18.8. The van der Waals surface area contributed by atoms with Gasteiger partial charge < -0.3 is 26.6 Å². The molecule has 0 spiro atoms. The van der Waals surface area contributed by atoms with Crippen molar-refractivity contribution < 1.29 is 32.4 Å². The van der Waals surface area contributed by atoms with Crippen molar-refractivity contribution in [3.8, 4) is 12.3 Å². The van der Waals surface area contributed by atoms with Gasteiger partial charge in [0.25, 0.3) is 5.91 Å².